The highest BCUT2D eigenvalue weighted by atomic mass is 32.2. The summed E-state index contributed by atoms with van der Waals surface area (Å²) in [4.78, 5) is 11.3. The van der Waals surface area contributed by atoms with Gasteiger partial charge in [0.05, 0.1) is 18.3 Å². The second-order valence-corrected chi connectivity index (χ2v) is 7.67. The number of esters is 1. The molecule has 24 heavy (non-hydrogen) atoms. The second kappa shape index (κ2) is 6.62. The van der Waals surface area contributed by atoms with Crippen LogP contribution >= 0.6 is 11.3 Å². The monoisotopic (exact) mass is 366 g/mol. The number of carbonyl (C=O) groups excluding carboxylic acids is 1. The lowest BCUT2D eigenvalue weighted by Crippen LogP contribution is -2.23. The van der Waals surface area contributed by atoms with Crippen LogP contribution in [0.4, 0.5) is 0 Å². The Morgan fingerprint density at radius 3 is 2.67 bits per heavy atom. The van der Waals surface area contributed by atoms with Crippen molar-refractivity contribution in [2.75, 3.05) is 6.61 Å². The van der Waals surface area contributed by atoms with E-state index in [0.29, 0.717) is 6.42 Å². The van der Waals surface area contributed by atoms with Gasteiger partial charge in [0.15, 0.2) is 0 Å². The number of carbonyl (C=O) groups is 1. The maximum absolute atomic E-state index is 12.0. The van der Waals surface area contributed by atoms with Crippen molar-refractivity contribution in [1.82, 2.24) is 0 Å². The SMILES string of the molecule is O=C1OCC[C@@H]1OC([O-])=C1C=CC(=NS(=O)(=O)c2cccs2)C=C1. The van der Waals surface area contributed by atoms with E-state index in [2.05, 4.69) is 4.40 Å². The molecule has 3 rings (SSSR count). The number of sulfonamides is 1. The Morgan fingerprint density at radius 1 is 1.33 bits per heavy atom. The van der Waals surface area contributed by atoms with Crippen molar-refractivity contribution < 1.29 is 27.8 Å². The molecule has 0 amide bonds. The van der Waals surface area contributed by atoms with E-state index < -0.39 is 28.0 Å². The molecule has 0 saturated carbocycles. The fourth-order valence-corrected chi connectivity index (χ4v) is 3.99. The van der Waals surface area contributed by atoms with E-state index in [0.717, 1.165) is 11.3 Å². The molecule has 1 atom stereocenters. The number of nitrogens with zero attached hydrogens (tertiary/aromatic N) is 1. The number of ether oxygens (including phenoxy) is 2. The summed E-state index contributed by atoms with van der Waals surface area (Å²) in [5.74, 6) is -1.23. The number of rotatable bonds is 4. The molecule has 1 fully saturated rings. The molecule has 2 heterocycles. The number of cyclic esters (lactones) is 1. The molecule has 1 aromatic heterocycles. The minimum absolute atomic E-state index is 0.144. The number of allylic oxidation sites excluding steroid dienone is 5. The van der Waals surface area contributed by atoms with Gasteiger partial charge in [-0.1, -0.05) is 18.2 Å². The van der Waals surface area contributed by atoms with Gasteiger partial charge in [0.25, 0.3) is 10.0 Å². The third-order valence-corrected chi connectivity index (χ3v) is 5.89. The quantitative estimate of drug-likeness (QED) is 0.579. The molecule has 1 saturated heterocycles. The summed E-state index contributed by atoms with van der Waals surface area (Å²) in [6.45, 7) is 0.231. The van der Waals surface area contributed by atoms with Gasteiger partial charge in [-0.15, -0.1) is 11.3 Å². The average molecular weight is 366 g/mol. The standard InChI is InChI=1S/C15H13NO6S2/c17-14(22-12-7-8-21-15(12)18)10-3-5-11(6-4-10)16-24(19,20)13-2-1-9-23-13/h1-6,9,12,17H,7-8H2/p-1/t12-/m0/s1. The van der Waals surface area contributed by atoms with E-state index in [1.54, 1.807) is 11.4 Å². The molecule has 1 aliphatic heterocycles. The predicted octanol–water partition coefficient (Wildman–Crippen LogP) is 0.908. The maximum atomic E-state index is 12.0. The molecule has 0 unspecified atom stereocenters. The molecular weight excluding hydrogens is 354 g/mol. The Morgan fingerprint density at radius 2 is 2.08 bits per heavy atom. The maximum Gasteiger partial charge on any atom is 0.319 e. The molecule has 1 aromatic rings. The van der Waals surface area contributed by atoms with Crippen LogP contribution in [0.2, 0.25) is 0 Å². The lowest BCUT2D eigenvalue weighted by molar-refractivity contribution is -0.362. The molecule has 0 N–H and O–H groups in total. The lowest BCUT2D eigenvalue weighted by atomic mass is 10.1. The van der Waals surface area contributed by atoms with E-state index in [-0.39, 0.29) is 22.1 Å². The van der Waals surface area contributed by atoms with Gasteiger partial charge < -0.3 is 14.6 Å². The molecule has 0 radical (unpaired) electrons. The zero-order valence-electron chi connectivity index (χ0n) is 12.2. The first kappa shape index (κ1) is 16.5. The molecule has 7 nitrogen and oxygen atoms in total. The summed E-state index contributed by atoms with van der Waals surface area (Å²) in [5.41, 5.74) is 0.391. The minimum atomic E-state index is -3.76. The third-order valence-electron chi connectivity index (χ3n) is 3.21. The van der Waals surface area contributed by atoms with Crippen LogP contribution in [0.3, 0.4) is 0 Å². The largest absolute Gasteiger partial charge is 0.598 e. The van der Waals surface area contributed by atoms with E-state index in [9.17, 15) is 18.3 Å². The van der Waals surface area contributed by atoms with Crippen LogP contribution in [0.15, 0.2) is 61.9 Å². The first-order valence-electron chi connectivity index (χ1n) is 6.95. The Bertz CT molecular complexity index is 844. The average Bonchev–Trinajstić information content (AvgIpc) is 3.20. The van der Waals surface area contributed by atoms with Gasteiger partial charge in [0, 0.05) is 6.42 Å². The Balaban J connectivity index is 1.74. The van der Waals surface area contributed by atoms with Crippen molar-refractivity contribution in [3.8, 4) is 0 Å². The van der Waals surface area contributed by atoms with Crippen molar-refractivity contribution in [3.05, 3.63) is 53.3 Å². The van der Waals surface area contributed by atoms with E-state index >= 15 is 0 Å². The van der Waals surface area contributed by atoms with Crippen LogP contribution in [0.5, 0.6) is 0 Å². The highest BCUT2D eigenvalue weighted by molar-refractivity contribution is 7.92. The van der Waals surface area contributed by atoms with Crippen molar-refractivity contribution in [2.24, 2.45) is 4.40 Å². The molecule has 126 valence electrons. The normalized spacial score (nSPS) is 20.2. The van der Waals surface area contributed by atoms with Crippen LogP contribution in [-0.4, -0.2) is 32.8 Å². The van der Waals surface area contributed by atoms with Crippen molar-refractivity contribution >= 4 is 33.0 Å². The summed E-state index contributed by atoms with van der Waals surface area (Å²) < 4.78 is 37.7. The smallest absolute Gasteiger partial charge is 0.319 e. The van der Waals surface area contributed by atoms with Crippen molar-refractivity contribution in [2.45, 2.75) is 16.7 Å². The highest BCUT2D eigenvalue weighted by Crippen LogP contribution is 2.20. The van der Waals surface area contributed by atoms with Gasteiger partial charge in [-0.3, -0.25) is 4.79 Å². The first-order chi connectivity index (χ1) is 11.5. The van der Waals surface area contributed by atoms with Gasteiger partial charge in [-0.25, -0.2) is 0 Å². The van der Waals surface area contributed by atoms with Crippen LogP contribution < -0.4 is 5.11 Å². The lowest BCUT2D eigenvalue weighted by Gasteiger charge is -2.21. The second-order valence-electron chi connectivity index (χ2n) is 4.90. The van der Waals surface area contributed by atoms with Gasteiger partial charge in [0.1, 0.15) is 10.3 Å². The number of hydrogen-bond donors (Lipinski definition) is 0. The number of hydrogen-bond acceptors (Lipinski definition) is 7. The molecule has 0 spiro atoms. The summed E-state index contributed by atoms with van der Waals surface area (Å²) in [6.07, 6.45) is 5.03. The summed E-state index contributed by atoms with van der Waals surface area (Å²) >= 11 is 1.08. The number of thiophene rings is 1. The Kier molecular flexibility index (Phi) is 4.54. The van der Waals surface area contributed by atoms with E-state index in [1.807, 2.05) is 0 Å². The van der Waals surface area contributed by atoms with Gasteiger partial charge in [0.2, 0.25) is 0 Å². The van der Waals surface area contributed by atoms with Crippen LogP contribution in [0, 0.1) is 0 Å². The zero-order valence-corrected chi connectivity index (χ0v) is 13.9. The van der Waals surface area contributed by atoms with Crippen molar-refractivity contribution in [3.63, 3.8) is 0 Å². The highest BCUT2D eigenvalue weighted by Gasteiger charge is 2.23. The van der Waals surface area contributed by atoms with Gasteiger partial charge in [-0.05, 0) is 29.2 Å². The van der Waals surface area contributed by atoms with Crippen LogP contribution in [0.25, 0.3) is 0 Å². The predicted molar refractivity (Wildman–Crippen MR) is 84.7 cm³/mol. The van der Waals surface area contributed by atoms with E-state index in [1.165, 1.54) is 30.4 Å². The summed E-state index contributed by atoms with van der Waals surface area (Å²) in [5, 5.41) is 13.6. The van der Waals surface area contributed by atoms with Crippen LogP contribution in [-0.2, 0) is 24.3 Å². The van der Waals surface area contributed by atoms with Crippen LogP contribution in [0.1, 0.15) is 6.42 Å². The molecule has 2 aliphatic rings. The topological polar surface area (TPSA) is 105 Å². The van der Waals surface area contributed by atoms with E-state index in [4.69, 9.17) is 9.47 Å². The summed E-state index contributed by atoms with van der Waals surface area (Å²) in [7, 11) is -3.76. The fourth-order valence-electron chi connectivity index (χ4n) is 2.03. The van der Waals surface area contributed by atoms with Gasteiger partial charge in [-0.2, -0.15) is 12.8 Å². The first-order valence-corrected chi connectivity index (χ1v) is 9.27. The Labute approximate surface area is 142 Å². The molecule has 1 aliphatic carbocycles. The molecule has 0 aromatic carbocycles. The summed E-state index contributed by atoms with van der Waals surface area (Å²) in [6, 6.07) is 3.09. The molecule has 9 heteroatoms. The molecule has 0 bridgehead atoms. The third kappa shape index (κ3) is 3.57. The Hall–Kier alpha value is -2.39. The molecular formula is C15H12NO6S2-. The zero-order chi connectivity index (χ0) is 17.2. The fraction of sp³-hybridized carbons (Fsp3) is 0.200. The van der Waals surface area contributed by atoms with Gasteiger partial charge >= 0.3 is 5.97 Å². The minimum Gasteiger partial charge on any atom is -0.598 e. The van der Waals surface area contributed by atoms with Crippen molar-refractivity contribution in [1.29, 1.82) is 0 Å².